The Morgan fingerprint density at radius 3 is 2.62 bits per heavy atom. The topological polar surface area (TPSA) is 90.7 Å². The molecule has 0 spiro atoms. The van der Waals surface area contributed by atoms with Crippen molar-refractivity contribution in [2.45, 2.75) is 19.9 Å². The van der Waals surface area contributed by atoms with Crippen molar-refractivity contribution >= 4 is 17.5 Å². The highest BCUT2D eigenvalue weighted by Gasteiger charge is 2.08. The lowest BCUT2D eigenvalue weighted by Gasteiger charge is -2.08. The summed E-state index contributed by atoms with van der Waals surface area (Å²) in [6, 6.07) is 9.11. The zero-order valence-corrected chi connectivity index (χ0v) is 11.8. The van der Waals surface area contributed by atoms with Gasteiger partial charge in [0.05, 0.1) is 17.2 Å². The molecule has 2 aromatic rings. The lowest BCUT2D eigenvalue weighted by Crippen LogP contribution is -2.30. The van der Waals surface area contributed by atoms with Crippen molar-refractivity contribution in [3.8, 4) is 6.07 Å². The Morgan fingerprint density at radius 1 is 1.29 bits per heavy atom. The molecule has 0 aliphatic heterocycles. The lowest BCUT2D eigenvalue weighted by molar-refractivity contribution is 0.0942. The molecule has 0 bridgehead atoms. The molecule has 21 heavy (non-hydrogen) atoms. The van der Waals surface area contributed by atoms with Crippen LogP contribution >= 0.6 is 0 Å². The predicted molar refractivity (Wildman–Crippen MR) is 79.1 cm³/mol. The lowest BCUT2D eigenvalue weighted by atomic mass is 10.2. The van der Waals surface area contributed by atoms with E-state index in [2.05, 4.69) is 26.7 Å². The fourth-order valence-corrected chi connectivity index (χ4v) is 1.65. The minimum atomic E-state index is -0.206. The molecule has 0 aliphatic carbocycles. The van der Waals surface area contributed by atoms with Crippen LogP contribution in [0.25, 0.3) is 0 Å². The van der Waals surface area contributed by atoms with Crippen molar-refractivity contribution in [1.29, 1.82) is 5.26 Å². The Labute approximate surface area is 122 Å². The zero-order valence-electron chi connectivity index (χ0n) is 11.8. The molecule has 1 aromatic carbocycles. The van der Waals surface area contributed by atoms with Gasteiger partial charge in [-0.1, -0.05) is 6.07 Å². The summed E-state index contributed by atoms with van der Waals surface area (Å²) >= 11 is 0. The number of rotatable bonds is 4. The molecule has 0 fully saturated rings. The molecule has 0 saturated heterocycles. The van der Waals surface area contributed by atoms with Crippen LogP contribution < -0.4 is 10.6 Å². The van der Waals surface area contributed by atoms with Crippen molar-refractivity contribution < 1.29 is 4.79 Å². The van der Waals surface area contributed by atoms with Gasteiger partial charge in [-0.05, 0) is 32.0 Å². The Kier molecular flexibility index (Phi) is 4.46. The van der Waals surface area contributed by atoms with Gasteiger partial charge in [0.2, 0.25) is 5.95 Å². The van der Waals surface area contributed by atoms with Crippen LogP contribution in [0.15, 0.2) is 36.7 Å². The van der Waals surface area contributed by atoms with E-state index < -0.39 is 0 Å². The average molecular weight is 281 g/mol. The van der Waals surface area contributed by atoms with Gasteiger partial charge in [0.15, 0.2) is 0 Å². The molecule has 2 rings (SSSR count). The van der Waals surface area contributed by atoms with Gasteiger partial charge in [0.1, 0.15) is 0 Å². The zero-order chi connectivity index (χ0) is 15.2. The van der Waals surface area contributed by atoms with E-state index >= 15 is 0 Å². The van der Waals surface area contributed by atoms with Crippen LogP contribution in [0.4, 0.5) is 11.6 Å². The first-order valence-electron chi connectivity index (χ1n) is 6.48. The highest BCUT2D eigenvalue weighted by atomic mass is 16.1. The SMILES string of the molecule is CC(C)NC(=O)c1cnc(Nc2cccc(C#N)c2)nc1. The van der Waals surface area contributed by atoms with Gasteiger partial charge in [-0.2, -0.15) is 5.26 Å². The number of anilines is 2. The normalized spacial score (nSPS) is 10.0. The minimum absolute atomic E-state index is 0.0593. The largest absolute Gasteiger partial charge is 0.350 e. The van der Waals surface area contributed by atoms with E-state index in [1.165, 1.54) is 12.4 Å². The quantitative estimate of drug-likeness (QED) is 0.896. The van der Waals surface area contributed by atoms with Crippen LogP contribution in [0.5, 0.6) is 0 Å². The maximum Gasteiger partial charge on any atom is 0.254 e. The molecular weight excluding hydrogens is 266 g/mol. The van der Waals surface area contributed by atoms with E-state index in [4.69, 9.17) is 5.26 Å². The monoisotopic (exact) mass is 281 g/mol. The number of aromatic nitrogens is 2. The van der Waals surface area contributed by atoms with Gasteiger partial charge in [0, 0.05) is 24.1 Å². The first kappa shape index (κ1) is 14.5. The molecule has 1 amide bonds. The van der Waals surface area contributed by atoms with E-state index in [-0.39, 0.29) is 11.9 Å². The number of benzene rings is 1. The molecule has 1 aromatic heterocycles. The second kappa shape index (κ2) is 6.48. The summed E-state index contributed by atoms with van der Waals surface area (Å²) in [7, 11) is 0. The third-order valence-corrected chi connectivity index (χ3v) is 2.58. The van der Waals surface area contributed by atoms with E-state index in [1.54, 1.807) is 18.2 Å². The third kappa shape index (κ3) is 4.01. The number of hydrogen-bond acceptors (Lipinski definition) is 5. The standard InChI is InChI=1S/C15H15N5O/c1-10(2)19-14(21)12-8-17-15(18-9-12)20-13-5-3-4-11(6-13)7-16/h3-6,8-10H,1-2H3,(H,19,21)(H,17,18,20). The van der Waals surface area contributed by atoms with Crippen molar-refractivity contribution in [1.82, 2.24) is 15.3 Å². The molecule has 0 radical (unpaired) electrons. The van der Waals surface area contributed by atoms with Gasteiger partial charge in [-0.3, -0.25) is 4.79 Å². The highest BCUT2D eigenvalue weighted by molar-refractivity contribution is 5.93. The van der Waals surface area contributed by atoms with Crippen molar-refractivity contribution in [3.63, 3.8) is 0 Å². The van der Waals surface area contributed by atoms with Crippen molar-refractivity contribution in [2.24, 2.45) is 0 Å². The van der Waals surface area contributed by atoms with E-state index in [1.807, 2.05) is 19.9 Å². The maximum absolute atomic E-state index is 11.8. The van der Waals surface area contributed by atoms with Gasteiger partial charge in [-0.25, -0.2) is 9.97 Å². The number of nitriles is 1. The molecule has 0 saturated carbocycles. The fraction of sp³-hybridized carbons (Fsp3) is 0.200. The number of amides is 1. The summed E-state index contributed by atoms with van der Waals surface area (Å²) in [5.74, 6) is 0.161. The van der Waals surface area contributed by atoms with Gasteiger partial charge in [-0.15, -0.1) is 0 Å². The smallest absolute Gasteiger partial charge is 0.254 e. The molecule has 2 N–H and O–H groups in total. The summed E-state index contributed by atoms with van der Waals surface area (Å²) < 4.78 is 0. The van der Waals surface area contributed by atoms with Crippen LogP contribution in [0, 0.1) is 11.3 Å². The van der Waals surface area contributed by atoms with Gasteiger partial charge < -0.3 is 10.6 Å². The van der Waals surface area contributed by atoms with Crippen molar-refractivity contribution in [2.75, 3.05) is 5.32 Å². The number of carbonyl (C=O) groups excluding carboxylic acids is 1. The van der Waals surface area contributed by atoms with E-state index in [0.717, 1.165) is 0 Å². The minimum Gasteiger partial charge on any atom is -0.350 e. The maximum atomic E-state index is 11.8. The van der Waals surface area contributed by atoms with Crippen LogP contribution in [0.2, 0.25) is 0 Å². The number of carbonyl (C=O) groups is 1. The van der Waals surface area contributed by atoms with Crippen LogP contribution in [0.3, 0.4) is 0 Å². The molecule has 6 heteroatoms. The summed E-state index contributed by atoms with van der Waals surface area (Å²) in [5, 5.41) is 14.6. The second-order valence-corrected chi connectivity index (χ2v) is 4.74. The average Bonchev–Trinajstić information content (AvgIpc) is 2.47. The van der Waals surface area contributed by atoms with E-state index in [9.17, 15) is 4.79 Å². The Morgan fingerprint density at radius 2 is 2.00 bits per heavy atom. The Hall–Kier alpha value is -2.94. The molecule has 1 heterocycles. The number of nitrogens with one attached hydrogen (secondary N) is 2. The number of nitrogens with zero attached hydrogens (tertiary/aromatic N) is 3. The molecule has 0 aliphatic rings. The summed E-state index contributed by atoms with van der Waals surface area (Å²) in [6.07, 6.45) is 2.92. The number of hydrogen-bond donors (Lipinski definition) is 2. The predicted octanol–water partition coefficient (Wildman–Crippen LogP) is 2.23. The molecule has 0 unspecified atom stereocenters. The second-order valence-electron chi connectivity index (χ2n) is 4.74. The molecule has 6 nitrogen and oxygen atoms in total. The molecule has 106 valence electrons. The van der Waals surface area contributed by atoms with Gasteiger partial charge >= 0.3 is 0 Å². The van der Waals surface area contributed by atoms with Gasteiger partial charge in [0.25, 0.3) is 5.91 Å². The summed E-state index contributed by atoms with van der Waals surface area (Å²) in [4.78, 5) is 19.9. The first-order valence-corrected chi connectivity index (χ1v) is 6.48. The first-order chi connectivity index (χ1) is 10.1. The van der Waals surface area contributed by atoms with Crippen LogP contribution in [-0.4, -0.2) is 21.9 Å². The Balaban J connectivity index is 2.09. The highest BCUT2D eigenvalue weighted by Crippen LogP contribution is 2.14. The third-order valence-electron chi connectivity index (χ3n) is 2.58. The Bertz CT molecular complexity index is 673. The van der Waals surface area contributed by atoms with Crippen LogP contribution in [-0.2, 0) is 0 Å². The molecule has 0 atom stereocenters. The van der Waals surface area contributed by atoms with E-state index in [0.29, 0.717) is 22.8 Å². The summed E-state index contributed by atoms with van der Waals surface area (Å²) in [6.45, 7) is 3.77. The fourth-order valence-electron chi connectivity index (χ4n) is 1.65. The van der Waals surface area contributed by atoms with Crippen LogP contribution in [0.1, 0.15) is 29.8 Å². The molecular formula is C15H15N5O. The van der Waals surface area contributed by atoms with Crippen molar-refractivity contribution in [3.05, 3.63) is 47.8 Å². The summed E-state index contributed by atoms with van der Waals surface area (Å²) in [5.41, 5.74) is 1.67.